The first-order valence-electron chi connectivity index (χ1n) is 5.33. The Hall–Kier alpha value is -0.950. The van der Waals surface area contributed by atoms with Crippen LogP contribution in [-0.2, 0) is 14.8 Å². The zero-order chi connectivity index (χ0) is 12.7. The van der Waals surface area contributed by atoms with Gasteiger partial charge >= 0.3 is 0 Å². The largest absolute Gasteiger partial charge is 0.384 e. The molecule has 1 rings (SSSR count). The predicted molar refractivity (Wildman–Crippen MR) is 67.0 cm³/mol. The van der Waals surface area contributed by atoms with E-state index in [1.807, 2.05) is 30.3 Å². The number of nitrogens with two attached hydrogens (primary N) is 1. The molecule has 17 heavy (non-hydrogen) atoms. The molecule has 0 aromatic heterocycles. The minimum atomic E-state index is -3.36. The van der Waals surface area contributed by atoms with E-state index in [2.05, 4.69) is 4.72 Å². The molecule has 0 amide bonds. The molecule has 3 N–H and O–H groups in total. The standard InChI is InChI=1S/C11H18N2O3S/c1-16-7-8-17(14,15)13-11(9-12)10-5-3-2-4-6-10/h2-6,11,13H,7-9,12H2,1H3. The maximum atomic E-state index is 11.7. The molecular weight excluding hydrogens is 240 g/mol. The Labute approximate surface area is 102 Å². The maximum Gasteiger partial charge on any atom is 0.214 e. The summed E-state index contributed by atoms with van der Waals surface area (Å²) < 4.78 is 30.7. The normalized spacial score (nSPS) is 13.5. The second-order valence-electron chi connectivity index (χ2n) is 3.63. The third kappa shape index (κ3) is 4.82. The highest BCUT2D eigenvalue weighted by atomic mass is 32.2. The number of sulfonamides is 1. The molecule has 5 nitrogen and oxygen atoms in total. The van der Waals surface area contributed by atoms with Crippen molar-refractivity contribution in [2.75, 3.05) is 26.0 Å². The number of rotatable bonds is 7. The van der Waals surface area contributed by atoms with E-state index in [0.717, 1.165) is 5.56 Å². The van der Waals surface area contributed by atoms with E-state index in [9.17, 15) is 8.42 Å². The summed E-state index contributed by atoms with van der Waals surface area (Å²) in [5, 5.41) is 0. The third-order valence-electron chi connectivity index (χ3n) is 2.32. The average Bonchev–Trinajstić information content (AvgIpc) is 2.35. The van der Waals surface area contributed by atoms with Gasteiger partial charge in [-0.1, -0.05) is 30.3 Å². The van der Waals surface area contributed by atoms with Crippen LogP contribution < -0.4 is 10.5 Å². The minimum Gasteiger partial charge on any atom is -0.384 e. The Morgan fingerprint density at radius 3 is 2.53 bits per heavy atom. The van der Waals surface area contributed by atoms with E-state index in [4.69, 9.17) is 10.5 Å². The van der Waals surface area contributed by atoms with Crippen LogP contribution in [0.15, 0.2) is 30.3 Å². The van der Waals surface area contributed by atoms with E-state index >= 15 is 0 Å². The van der Waals surface area contributed by atoms with E-state index < -0.39 is 16.1 Å². The highest BCUT2D eigenvalue weighted by Crippen LogP contribution is 2.12. The average molecular weight is 258 g/mol. The van der Waals surface area contributed by atoms with Crippen molar-refractivity contribution in [1.29, 1.82) is 0 Å². The monoisotopic (exact) mass is 258 g/mol. The van der Waals surface area contributed by atoms with Gasteiger partial charge in [-0.3, -0.25) is 0 Å². The molecule has 6 heteroatoms. The first-order chi connectivity index (χ1) is 8.09. The number of ether oxygens (including phenoxy) is 1. The van der Waals surface area contributed by atoms with Gasteiger partial charge in [-0.2, -0.15) is 0 Å². The van der Waals surface area contributed by atoms with Crippen molar-refractivity contribution in [3.05, 3.63) is 35.9 Å². The number of nitrogens with one attached hydrogen (secondary N) is 1. The van der Waals surface area contributed by atoms with Crippen LogP contribution >= 0.6 is 0 Å². The molecule has 1 unspecified atom stereocenters. The van der Waals surface area contributed by atoms with Crippen LogP contribution in [0.25, 0.3) is 0 Å². The summed E-state index contributed by atoms with van der Waals surface area (Å²) in [6.45, 7) is 0.387. The second kappa shape index (κ2) is 6.70. The first kappa shape index (κ1) is 14.1. The summed E-state index contributed by atoms with van der Waals surface area (Å²) >= 11 is 0. The van der Waals surface area contributed by atoms with Crippen LogP contribution in [-0.4, -0.2) is 34.4 Å². The van der Waals surface area contributed by atoms with E-state index in [-0.39, 0.29) is 18.9 Å². The van der Waals surface area contributed by atoms with Crippen molar-refractivity contribution in [2.24, 2.45) is 5.73 Å². The zero-order valence-electron chi connectivity index (χ0n) is 9.80. The number of hydrogen-bond acceptors (Lipinski definition) is 4. The van der Waals surface area contributed by atoms with Gasteiger partial charge in [-0.25, -0.2) is 13.1 Å². The van der Waals surface area contributed by atoms with Gasteiger partial charge in [0.05, 0.1) is 18.4 Å². The van der Waals surface area contributed by atoms with Crippen molar-refractivity contribution in [1.82, 2.24) is 4.72 Å². The molecule has 0 bridgehead atoms. The van der Waals surface area contributed by atoms with E-state index in [0.29, 0.717) is 0 Å². The molecule has 0 spiro atoms. The van der Waals surface area contributed by atoms with Crippen molar-refractivity contribution >= 4 is 10.0 Å². The molecule has 0 saturated heterocycles. The second-order valence-corrected chi connectivity index (χ2v) is 5.50. The Morgan fingerprint density at radius 1 is 1.35 bits per heavy atom. The Kier molecular flexibility index (Phi) is 5.57. The van der Waals surface area contributed by atoms with Gasteiger partial charge in [0.15, 0.2) is 0 Å². The lowest BCUT2D eigenvalue weighted by Gasteiger charge is -2.17. The summed E-state index contributed by atoms with van der Waals surface area (Å²) in [4.78, 5) is 0. The van der Waals surface area contributed by atoms with Gasteiger partial charge in [-0.15, -0.1) is 0 Å². The smallest absolute Gasteiger partial charge is 0.214 e. The lowest BCUT2D eigenvalue weighted by atomic mass is 10.1. The quantitative estimate of drug-likeness (QED) is 0.734. The van der Waals surface area contributed by atoms with Gasteiger partial charge in [0.25, 0.3) is 0 Å². The molecule has 0 radical (unpaired) electrons. The minimum absolute atomic E-state index is 0.0627. The topological polar surface area (TPSA) is 81.4 Å². The molecule has 1 atom stereocenters. The maximum absolute atomic E-state index is 11.7. The van der Waals surface area contributed by atoms with E-state index in [1.165, 1.54) is 7.11 Å². The number of methoxy groups -OCH3 is 1. The lowest BCUT2D eigenvalue weighted by Crippen LogP contribution is -2.35. The lowest BCUT2D eigenvalue weighted by molar-refractivity contribution is 0.216. The highest BCUT2D eigenvalue weighted by molar-refractivity contribution is 7.89. The molecule has 1 aromatic rings. The molecule has 1 aromatic carbocycles. The molecule has 96 valence electrons. The molecule has 0 aliphatic heterocycles. The fourth-order valence-corrected chi connectivity index (χ4v) is 2.58. The van der Waals surface area contributed by atoms with Crippen molar-refractivity contribution in [3.63, 3.8) is 0 Å². The SMILES string of the molecule is COCCS(=O)(=O)NC(CN)c1ccccc1. The summed E-state index contributed by atoms with van der Waals surface area (Å²) in [5.74, 6) is -0.0627. The van der Waals surface area contributed by atoms with Gasteiger partial charge in [0.2, 0.25) is 10.0 Å². The third-order valence-corrected chi connectivity index (χ3v) is 3.66. The summed E-state index contributed by atoms with van der Waals surface area (Å²) in [5.41, 5.74) is 6.44. The molecule has 0 saturated carbocycles. The fraction of sp³-hybridized carbons (Fsp3) is 0.455. The van der Waals surface area contributed by atoms with Gasteiger partial charge in [0, 0.05) is 13.7 Å². The molecule has 0 aliphatic rings. The first-order valence-corrected chi connectivity index (χ1v) is 6.98. The van der Waals surface area contributed by atoms with Crippen molar-refractivity contribution in [2.45, 2.75) is 6.04 Å². The Morgan fingerprint density at radius 2 is 2.00 bits per heavy atom. The fourth-order valence-electron chi connectivity index (χ4n) is 1.41. The Bertz CT molecular complexity index is 420. The van der Waals surface area contributed by atoms with Crippen molar-refractivity contribution in [3.8, 4) is 0 Å². The van der Waals surface area contributed by atoms with E-state index in [1.54, 1.807) is 0 Å². The van der Waals surface area contributed by atoms with Gasteiger partial charge in [-0.05, 0) is 5.56 Å². The van der Waals surface area contributed by atoms with Crippen LogP contribution in [0.3, 0.4) is 0 Å². The predicted octanol–water partition coefficient (Wildman–Crippen LogP) is 0.252. The number of hydrogen-bond donors (Lipinski definition) is 2. The number of benzene rings is 1. The van der Waals surface area contributed by atoms with Gasteiger partial charge in [0.1, 0.15) is 0 Å². The van der Waals surface area contributed by atoms with Gasteiger partial charge < -0.3 is 10.5 Å². The molecular formula is C11H18N2O3S. The Balaban J connectivity index is 2.71. The molecule has 0 heterocycles. The zero-order valence-corrected chi connectivity index (χ0v) is 10.6. The highest BCUT2D eigenvalue weighted by Gasteiger charge is 2.17. The summed E-state index contributed by atoms with van der Waals surface area (Å²) in [6, 6.07) is 8.87. The molecule has 0 aliphatic carbocycles. The molecule has 0 fully saturated rings. The summed E-state index contributed by atoms with van der Waals surface area (Å²) in [6.07, 6.45) is 0. The van der Waals surface area contributed by atoms with Crippen molar-refractivity contribution < 1.29 is 13.2 Å². The van der Waals surface area contributed by atoms with Crippen LogP contribution in [0, 0.1) is 0 Å². The van der Waals surface area contributed by atoms with Crippen LogP contribution in [0.2, 0.25) is 0 Å². The summed E-state index contributed by atoms with van der Waals surface area (Å²) in [7, 11) is -1.89. The van der Waals surface area contributed by atoms with Crippen LogP contribution in [0.1, 0.15) is 11.6 Å². The van der Waals surface area contributed by atoms with Crippen LogP contribution in [0.4, 0.5) is 0 Å². The van der Waals surface area contributed by atoms with Crippen LogP contribution in [0.5, 0.6) is 0 Å².